The van der Waals surface area contributed by atoms with E-state index in [-0.39, 0.29) is 0 Å². The van der Waals surface area contributed by atoms with Crippen LogP contribution in [0.5, 0.6) is 0 Å². The Bertz CT molecular complexity index is 2340. The summed E-state index contributed by atoms with van der Waals surface area (Å²) < 4.78 is 0. The van der Waals surface area contributed by atoms with Crippen molar-refractivity contribution in [1.82, 2.24) is 9.97 Å². The summed E-state index contributed by atoms with van der Waals surface area (Å²) in [5.41, 5.74) is 10.8. The van der Waals surface area contributed by atoms with Gasteiger partial charge in [0.2, 0.25) is 0 Å². The van der Waals surface area contributed by atoms with Gasteiger partial charge in [0, 0.05) is 45.7 Å². The molecule has 0 aliphatic carbocycles. The van der Waals surface area contributed by atoms with Gasteiger partial charge in [-0.3, -0.25) is 9.97 Å². The molecule has 0 aliphatic heterocycles. The van der Waals surface area contributed by atoms with E-state index in [0.29, 0.717) is 0 Å². The van der Waals surface area contributed by atoms with E-state index in [1.165, 1.54) is 27.3 Å². The van der Waals surface area contributed by atoms with Crippen molar-refractivity contribution in [1.29, 1.82) is 0 Å². The average Bonchev–Trinajstić information content (AvgIpc) is 3.12. The summed E-state index contributed by atoms with van der Waals surface area (Å²) in [5, 5.41) is 4.69. The maximum atomic E-state index is 4.88. The summed E-state index contributed by atoms with van der Waals surface area (Å²) in [6, 6.07) is 55.7. The van der Waals surface area contributed by atoms with E-state index in [1.54, 1.807) is 0 Å². The molecule has 0 fully saturated rings. The number of aromatic nitrogens is 2. The molecule has 0 N–H and O–H groups in total. The van der Waals surface area contributed by atoms with E-state index in [1.807, 2.05) is 12.4 Å². The lowest BCUT2D eigenvalue weighted by atomic mass is 9.99. The Labute approximate surface area is 269 Å². The van der Waals surface area contributed by atoms with Crippen LogP contribution in [0.25, 0.3) is 55.2 Å². The van der Waals surface area contributed by atoms with Crippen molar-refractivity contribution in [2.24, 2.45) is 0 Å². The van der Waals surface area contributed by atoms with Gasteiger partial charge in [-0.2, -0.15) is 0 Å². The Morgan fingerprint density at radius 3 is 1.76 bits per heavy atom. The van der Waals surface area contributed by atoms with Crippen molar-refractivity contribution in [3.8, 4) is 33.6 Å². The van der Waals surface area contributed by atoms with E-state index < -0.39 is 0 Å². The minimum Gasteiger partial charge on any atom is -0.310 e. The number of fused-ring (bicyclic) bond motifs is 2. The van der Waals surface area contributed by atoms with E-state index in [9.17, 15) is 0 Å². The predicted octanol–water partition coefficient (Wildman–Crippen LogP) is 11.6. The van der Waals surface area contributed by atoms with Crippen molar-refractivity contribution in [3.05, 3.63) is 176 Å². The van der Waals surface area contributed by atoms with E-state index >= 15 is 0 Å². The first-order valence-corrected chi connectivity index (χ1v) is 15.6. The Kier molecular flexibility index (Phi) is 7.05. The van der Waals surface area contributed by atoms with Gasteiger partial charge in [0.1, 0.15) is 0 Å². The van der Waals surface area contributed by atoms with Gasteiger partial charge in [-0.15, -0.1) is 0 Å². The van der Waals surface area contributed by atoms with Crippen molar-refractivity contribution >= 4 is 38.6 Å². The first kappa shape index (κ1) is 27.5. The Hall–Kier alpha value is -6.06. The smallest absolute Gasteiger partial charge is 0.0709 e. The lowest BCUT2D eigenvalue weighted by Crippen LogP contribution is -2.10. The number of rotatable bonds is 6. The highest BCUT2D eigenvalue weighted by Gasteiger charge is 2.17. The van der Waals surface area contributed by atoms with Gasteiger partial charge < -0.3 is 4.90 Å². The van der Waals surface area contributed by atoms with Gasteiger partial charge in [0.25, 0.3) is 0 Å². The fraction of sp³-hybridized carbons (Fsp3) is 0.0233. The van der Waals surface area contributed by atoms with Crippen LogP contribution in [0.15, 0.2) is 170 Å². The highest BCUT2D eigenvalue weighted by Crippen LogP contribution is 2.41. The molecule has 46 heavy (non-hydrogen) atoms. The number of benzene rings is 6. The highest BCUT2D eigenvalue weighted by atomic mass is 15.1. The van der Waals surface area contributed by atoms with E-state index in [2.05, 4.69) is 170 Å². The number of nitrogens with zero attached hydrogens (tertiary/aromatic N) is 3. The summed E-state index contributed by atoms with van der Waals surface area (Å²) in [5.74, 6) is 0. The molecule has 3 heteroatoms. The zero-order valence-corrected chi connectivity index (χ0v) is 25.5. The fourth-order valence-electron chi connectivity index (χ4n) is 6.29. The summed E-state index contributed by atoms with van der Waals surface area (Å²) in [7, 11) is 0. The molecule has 0 radical (unpaired) electrons. The van der Waals surface area contributed by atoms with Crippen molar-refractivity contribution in [2.75, 3.05) is 4.90 Å². The third kappa shape index (κ3) is 5.18. The van der Waals surface area contributed by atoms with Crippen LogP contribution in [0, 0.1) is 6.92 Å². The molecular weight excluding hydrogens is 558 g/mol. The molecule has 0 amide bonds. The van der Waals surface area contributed by atoms with Gasteiger partial charge in [-0.05, 0) is 76.9 Å². The predicted molar refractivity (Wildman–Crippen MR) is 193 cm³/mol. The molecule has 0 bridgehead atoms. The molecular formula is C43H31N3. The molecule has 2 heterocycles. The van der Waals surface area contributed by atoms with Crippen LogP contribution >= 0.6 is 0 Å². The molecule has 8 aromatic rings. The van der Waals surface area contributed by atoms with Gasteiger partial charge in [-0.1, -0.05) is 115 Å². The Morgan fingerprint density at radius 2 is 1.00 bits per heavy atom. The molecule has 2 aromatic heterocycles. The van der Waals surface area contributed by atoms with Crippen LogP contribution in [0.2, 0.25) is 0 Å². The minimum absolute atomic E-state index is 0.943. The first-order valence-electron chi connectivity index (χ1n) is 15.6. The maximum absolute atomic E-state index is 4.88. The summed E-state index contributed by atoms with van der Waals surface area (Å²) in [6.45, 7) is 2.12. The van der Waals surface area contributed by atoms with Gasteiger partial charge in [-0.25, -0.2) is 0 Å². The van der Waals surface area contributed by atoms with Crippen molar-refractivity contribution in [3.63, 3.8) is 0 Å². The number of anilines is 3. The molecule has 6 aromatic carbocycles. The van der Waals surface area contributed by atoms with E-state index in [0.717, 1.165) is 50.5 Å². The SMILES string of the molecule is Cc1cnc(-c2cccc(N(c3cccc(-c4cc5ccccc5cn4)c3)c3cccc4ccccc34)c2)cc1-c1ccccc1. The third-order valence-electron chi connectivity index (χ3n) is 8.63. The maximum Gasteiger partial charge on any atom is 0.0709 e. The zero-order valence-electron chi connectivity index (χ0n) is 25.5. The van der Waals surface area contributed by atoms with E-state index in [4.69, 9.17) is 9.97 Å². The standard InChI is InChI=1S/C43H31N3/c1-30-28-44-42(27-40(30)32-12-3-2-4-13-32)35-19-10-21-38(25-35)46(43-23-11-17-31-14-7-8-22-39(31)43)37-20-9-18-34(24-37)41-26-33-15-5-6-16-36(33)29-45-41/h2-29H,1H3. The summed E-state index contributed by atoms with van der Waals surface area (Å²) in [6.07, 6.45) is 3.94. The average molecular weight is 590 g/mol. The molecule has 8 rings (SSSR count). The molecule has 3 nitrogen and oxygen atoms in total. The van der Waals surface area contributed by atoms with Gasteiger partial charge in [0.05, 0.1) is 17.1 Å². The van der Waals surface area contributed by atoms with Crippen LogP contribution < -0.4 is 4.90 Å². The van der Waals surface area contributed by atoms with Crippen LogP contribution in [-0.2, 0) is 0 Å². The molecule has 0 atom stereocenters. The van der Waals surface area contributed by atoms with Crippen molar-refractivity contribution < 1.29 is 0 Å². The van der Waals surface area contributed by atoms with Crippen molar-refractivity contribution in [2.45, 2.75) is 6.92 Å². The largest absolute Gasteiger partial charge is 0.310 e. The zero-order chi connectivity index (χ0) is 30.9. The number of aryl methyl sites for hydroxylation is 1. The second-order valence-corrected chi connectivity index (χ2v) is 11.6. The second kappa shape index (κ2) is 11.8. The normalized spacial score (nSPS) is 11.2. The first-order chi connectivity index (χ1) is 22.7. The van der Waals surface area contributed by atoms with Crippen LogP contribution in [0.1, 0.15) is 5.56 Å². The molecule has 0 unspecified atom stereocenters. The lowest BCUT2D eigenvalue weighted by molar-refractivity contribution is 1.26. The van der Waals surface area contributed by atoms with Crippen LogP contribution in [0.4, 0.5) is 17.1 Å². The molecule has 0 spiro atoms. The Balaban J connectivity index is 1.28. The monoisotopic (exact) mass is 589 g/mol. The molecule has 0 saturated heterocycles. The third-order valence-corrected chi connectivity index (χ3v) is 8.63. The van der Waals surface area contributed by atoms with Gasteiger partial charge >= 0.3 is 0 Å². The fourth-order valence-corrected chi connectivity index (χ4v) is 6.29. The minimum atomic E-state index is 0.943. The lowest BCUT2D eigenvalue weighted by Gasteiger charge is -2.27. The summed E-state index contributed by atoms with van der Waals surface area (Å²) >= 11 is 0. The number of hydrogen-bond acceptors (Lipinski definition) is 3. The second-order valence-electron chi connectivity index (χ2n) is 11.6. The van der Waals surface area contributed by atoms with Gasteiger partial charge in [0.15, 0.2) is 0 Å². The topological polar surface area (TPSA) is 29.0 Å². The number of pyridine rings is 2. The Morgan fingerprint density at radius 1 is 0.435 bits per heavy atom. The quantitative estimate of drug-likeness (QED) is 0.193. The molecule has 0 saturated carbocycles. The molecule has 0 aliphatic rings. The summed E-state index contributed by atoms with van der Waals surface area (Å²) in [4.78, 5) is 12.1. The molecule has 218 valence electrons. The van der Waals surface area contributed by atoms with Crippen LogP contribution in [0.3, 0.4) is 0 Å². The van der Waals surface area contributed by atoms with Crippen LogP contribution in [-0.4, -0.2) is 9.97 Å². The number of hydrogen-bond donors (Lipinski definition) is 0. The highest BCUT2D eigenvalue weighted by molar-refractivity contribution is 5.99.